The summed E-state index contributed by atoms with van der Waals surface area (Å²) in [5.74, 6) is 1.19. The Bertz CT molecular complexity index is 614. The third-order valence-electron chi connectivity index (χ3n) is 4.80. The van der Waals surface area contributed by atoms with Gasteiger partial charge in [0.25, 0.3) is 0 Å². The first kappa shape index (κ1) is 13.4. The van der Waals surface area contributed by atoms with Crippen molar-refractivity contribution >= 4 is 16.6 Å². The van der Waals surface area contributed by atoms with Gasteiger partial charge in [0.05, 0.1) is 0 Å². The van der Waals surface area contributed by atoms with E-state index in [1.165, 1.54) is 30.0 Å². The van der Waals surface area contributed by atoms with E-state index in [0.717, 1.165) is 18.4 Å². The van der Waals surface area contributed by atoms with Crippen LogP contribution in [0.5, 0.6) is 0 Å². The maximum absolute atomic E-state index is 12.8. The molecule has 1 aliphatic rings. The van der Waals surface area contributed by atoms with E-state index in [2.05, 4.69) is 31.2 Å². The summed E-state index contributed by atoms with van der Waals surface area (Å²) < 4.78 is 0. The number of hydrogen-bond acceptors (Lipinski definition) is 1. The fourth-order valence-electron chi connectivity index (χ4n) is 3.60. The van der Waals surface area contributed by atoms with E-state index in [4.69, 9.17) is 0 Å². The van der Waals surface area contributed by atoms with Gasteiger partial charge in [-0.25, -0.2) is 0 Å². The van der Waals surface area contributed by atoms with Crippen molar-refractivity contribution < 1.29 is 4.79 Å². The SMILES string of the molecule is CCC1CCCCC1C(=O)c1ccc2ccccc2c1. The Labute approximate surface area is 121 Å². The van der Waals surface area contributed by atoms with Crippen LogP contribution in [-0.2, 0) is 0 Å². The van der Waals surface area contributed by atoms with Crippen LogP contribution in [0, 0.1) is 11.8 Å². The molecule has 1 aliphatic carbocycles. The van der Waals surface area contributed by atoms with E-state index >= 15 is 0 Å². The number of carbonyl (C=O) groups excluding carboxylic acids is 1. The average molecular weight is 266 g/mol. The molecule has 2 atom stereocenters. The lowest BCUT2D eigenvalue weighted by Gasteiger charge is -2.29. The second kappa shape index (κ2) is 5.78. The molecule has 0 N–H and O–H groups in total. The molecule has 1 nitrogen and oxygen atoms in total. The normalized spacial score (nSPS) is 22.9. The molecule has 0 heterocycles. The van der Waals surface area contributed by atoms with Gasteiger partial charge in [-0.05, 0) is 35.6 Å². The number of rotatable bonds is 3. The highest BCUT2D eigenvalue weighted by atomic mass is 16.1. The Balaban J connectivity index is 1.91. The summed E-state index contributed by atoms with van der Waals surface area (Å²) in [4.78, 5) is 12.8. The zero-order valence-corrected chi connectivity index (χ0v) is 12.1. The molecule has 1 saturated carbocycles. The number of Topliss-reactive ketones (excluding diaryl/α,β-unsaturated/α-hetero) is 1. The molecular formula is C19H22O. The molecule has 1 fully saturated rings. The minimum Gasteiger partial charge on any atom is -0.294 e. The van der Waals surface area contributed by atoms with Crippen molar-refractivity contribution in [1.82, 2.24) is 0 Å². The molecule has 0 aromatic heterocycles. The zero-order chi connectivity index (χ0) is 13.9. The van der Waals surface area contributed by atoms with Crippen LogP contribution in [0.3, 0.4) is 0 Å². The van der Waals surface area contributed by atoms with E-state index in [-0.39, 0.29) is 5.92 Å². The third-order valence-corrected chi connectivity index (χ3v) is 4.80. The summed E-state index contributed by atoms with van der Waals surface area (Å²) >= 11 is 0. The van der Waals surface area contributed by atoms with Crippen LogP contribution in [0.25, 0.3) is 10.8 Å². The Kier molecular flexibility index (Phi) is 3.86. The largest absolute Gasteiger partial charge is 0.294 e. The Morgan fingerprint density at radius 2 is 1.80 bits per heavy atom. The van der Waals surface area contributed by atoms with Gasteiger partial charge in [0.15, 0.2) is 5.78 Å². The van der Waals surface area contributed by atoms with Crippen LogP contribution >= 0.6 is 0 Å². The molecule has 0 radical (unpaired) electrons. The zero-order valence-electron chi connectivity index (χ0n) is 12.1. The Morgan fingerprint density at radius 3 is 2.60 bits per heavy atom. The molecule has 0 saturated heterocycles. The predicted octanol–water partition coefficient (Wildman–Crippen LogP) is 5.24. The van der Waals surface area contributed by atoms with Crippen molar-refractivity contribution in [2.24, 2.45) is 11.8 Å². The topological polar surface area (TPSA) is 17.1 Å². The van der Waals surface area contributed by atoms with Crippen molar-refractivity contribution in [1.29, 1.82) is 0 Å². The third kappa shape index (κ3) is 2.49. The molecule has 3 rings (SSSR count). The molecule has 2 unspecified atom stereocenters. The number of ketones is 1. The van der Waals surface area contributed by atoms with Crippen molar-refractivity contribution in [3.8, 4) is 0 Å². The van der Waals surface area contributed by atoms with Gasteiger partial charge < -0.3 is 0 Å². The fraction of sp³-hybridized carbons (Fsp3) is 0.421. The van der Waals surface area contributed by atoms with Gasteiger partial charge in [-0.3, -0.25) is 4.79 Å². The Morgan fingerprint density at radius 1 is 1.05 bits per heavy atom. The van der Waals surface area contributed by atoms with Crippen molar-refractivity contribution in [2.45, 2.75) is 39.0 Å². The van der Waals surface area contributed by atoms with E-state index in [1.807, 2.05) is 18.2 Å². The summed E-state index contributed by atoms with van der Waals surface area (Å²) in [5.41, 5.74) is 0.897. The fourth-order valence-corrected chi connectivity index (χ4v) is 3.60. The molecule has 0 aliphatic heterocycles. The number of hydrogen-bond donors (Lipinski definition) is 0. The van der Waals surface area contributed by atoms with E-state index in [0.29, 0.717) is 11.7 Å². The quantitative estimate of drug-likeness (QED) is 0.694. The molecule has 2 aromatic rings. The van der Waals surface area contributed by atoms with Crippen molar-refractivity contribution in [3.05, 3.63) is 48.0 Å². The highest BCUT2D eigenvalue weighted by Crippen LogP contribution is 2.34. The molecule has 0 spiro atoms. The second-order valence-electron chi connectivity index (χ2n) is 5.99. The van der Waals surface area contributed by atoms with Crippen molar-refractivity contribution in [3.63, 3.8) is 0 Å². The highest BCUT2D eigenvalue weighted by molar-refractivity contribution is 6.01. The van der Waals surface area contributed by atoms with Gasteiger partial charge in [-0.1, -0.05) is 62.6 Å². The number of benzene rings is 2. The second-order valence-corrected chi connectivity index (χ2v) is 5.99. The van der Waals surface area contributed by atoms with Gasteiger partial charge >= 0.3 is 0 Å². The van der Waals surface area contributed by atoms with Gasteiger partial charge in [-0.2, -0.15) is 0 Å². The summed E-state index contributed by atoms with van der Waals surface area (Å²) in [5, 5.41) is 2.38. The van der Waals surface area contributed by atoms with E-state index in [1.54, 1.807) is 0 Å². The predicted molar refractivity (Wildman–Crippen MR) is 84.0 cm³/mol. The van der Waals surface area contributed by atoms with Gasteiger partial charge in [0.1, 0.15) is 0 Å². The molecular weight excluding hydrogens is 244 g/mol. The molecule has 0 amide bonds. The first-order valence-electron chi connectivity index (χ1n) is 7.82. The van der Waals surface area contributed by atoms with Crippen LogP contribution in [0.15, 0.2) is 42.5 Å². The molecule has 0 bridgehead atoms. The van der Waals surface area contributed by atoms with Crippen LogP contribution in [0.1, 0.15) is 49.4 Å². The number of fused-ring (bicyclic) bond motifs is 1. The highest BCUT2D eigenvalue weighted by Gasteiger charge is 2.30. The average Bonchev–Trinajstić information content (AvgIpc) is 2.53. The maximum atomic E-state index is 12.8. The minimum absolute atomic E-state index is 0.245. The summed E-state index contributed by atoms with van der Waals surface area (Å²) in [6, 6.07) is 14.4. The molecule has 104 valence electrons. The summed E-state index contributed by atoms with van der Waals surface area (Å²) in [6.07, 6.45) is 5.93. The molecule has 2 aromatic carbocycles. The van der Waals surface area contributed by atoms with Crippen LogP contribution in [0.2, 0.25) is 0 Å². The monoisotopic (exact) mass is 266 g/mol. The van der Waals surface area contributed by atoms with Crippen LogP contribution in [0.4, 0.5) is 0 Å². The van der Waals surface area contributed by atoms with Gasteiger partial charge in [-0.15, -0.1) is 0 Å². The first-order valence-corrected chi connectivity index (χ1v) is 7.82. The summed E-state index contributed by atoms with van der Waals surface area (Å²) in [6.45, 7) is 2.22. The maximum Gasteiger partial charge on any atom is 0.166 e. The van der Waals surface area contributed by atoms with Gasteiger partial charge in [0, 0.05) is 11.5 Å². The first-order chi connectivity index (χ1) is 9.79. The number of carbonyl (C=O) groups is 1. The van der Waals surface area contributed by atoms with E-state index in [9.17, 15) is 4.79 Å². The molecule has 20 heavy (non-hydrogen) atoms. The van der Waals surface area contributed by atoms with E-state index < -0.39 is 0 Å². The summed E-state index contributed by atoms with van der Waals surface area (Å²) in [7, 11) is 0. The van der Waals surface area contributed by atoms with Crippen LogP contribution < -0.4 is 0 Å². The lowest BCUT2D eigenvalue weighted by molar-refractivity contribution is 0.0820. The van der Waals surface area contributed by atoms with Crippen LogP contribution in [-0.4, -0.2) is 5.78 Å². The van der Waals surface area contributed by atoms with Crippen molar-refractivity contribution in [2.75, 3.05) is 0 Å². The lowest BCUT2D eigenvalue weighted by atomic mass is 9.74. The van der Waals surface area contributed by atoms with Gasteiger partial charge in [0.2, 0.25) is 0 Å². The Hall–Kier alpha value is -1.63. The standard InChI is InChI=1S/C19H22O/c1-2-14-7-5-6-10-18(14)19(20)17-12-11-15-8-3-4-9-16(15)13-17/h3-4,8-9,11-14,18H,2,5-7,10H2,1H3. The smallest absolute Gasteiger partial charge is 0.166 e. The lowest BCUT2D eigenvalue weighted by Crippen LogP contribution is -2.26. The minimum atomic E-state index is 0.245. The molecule has 1 heteroatoms.